The second-order valence-corrected chi connectivity index (χ2v) is 9.13. The Morgan fingerprint density at radius 1 is 1.00 bits per heavy atom. The third kappa shape index (κ3) is 4.55. The van der Waals surface area contributed by atoms with Crippen molar-refractivity contribution in [3.05, 3.63) is 108 Å². The van der Waals surface area contributed by atoms with Crippen LogP contribution in [0.4, 0.5) is 5.82 Å². The van der Waals surface area contributed by atoms with Gasteiger partial charge in [0.05, 0.1) is 17.3 Å². The minimum atomic E-state index is -0.446. The Labute approximate surface area is 224 Å². The summed E-state index contributed by atoms with van der Waals surface area (Å²) in [5.41, 5.74) is 11.6. The van der Waals surface area contributed by atoms with Gasteiger partial charge in [0, 0.05) is 42.2 Å². The molecule has 0 bridgehead atoms. The number of nitrogens with two attached hydrogens (primary N) is 1. The highest BCUT2D eigenvalue weighted by molar-refractivity contribution is 6.04. The fraction of sp³-hybridized carbons (Fsp3) is 0.100. The maximum atomic E-state index is 13.4. The Kier molecular flexibility index (Phi) is 5.98. The first-order valence-corrected chi connectivity index (χ1v) is 12.4. The highest BCUT2D eigenvalue weighted by Crippen LogP contribution is 2.32. The molecule has 39 heavy (non-hydrogen) atoms. The van der Waals surface area contributed by atoms with Crippen LogP contribution in [-0.4, -0.2) is 35.3 Å². The van der Waals surface area contributed by atoms with Crippen LogP contribution in [0.25, 0.3) is 27.7 Å². The Bertz CT molecular complexity index is 1910. The smallest absolute Gasteiger partial charge is 0.259 e. The normalized spacial score (nSPS) is 11.7. The molecule has 9 nitrogen and oxygen atoms in total. The van der Waals surface area contributed by atoms with E-state index in [2.05, 4.69) is 38.4 Å². The van der Waals surface area contributed by atoms with Gasteiger partial charge < -0.3 is 11.1 Å². The fourth-order valence-electron chi connectivity index (χ4n) is 4.57. The molecule has 0 fully saturated rings. The maximum Gasteiger partial charge on any atom is 0.259 e. The van der Waals surface area contributed by atoms with E-state index in [0.29, 0.717) is 11.3 Å². The van der Waals surface area contributed by atoms with Crippen molar-refractivity contribution in [2.75, 3.05) is 5.73 Å². The van der Waals surface area contributed by atoms with Gasteiger partial charge in [0.2, 0.25) is 0 Å². The van der Waals surface area contributed by atoms with Gasteiger partial charge >= 0.3 is 0 Å². The first-order valence-electron chi connectivity index (χ1n) is 12.4. The maximum absolute atomic E-state index is 13.4. The number of rotatable bonds is 4. The molecule has 9 heteroatoms. The number of pyridine rings is 1. The first kappa shape index (κ1) is 23.9. The van der Waals surface area contributed by atoms with Crippen LogP contribution in [0.15, 0.2) is 85.3 Å². The molecule has 0 saturated carbocycles. The van der Waals surface area contributed by atoms with Crippen molar-refractivity contribution in [3.8, 4) is 23.0 Å². The number of hydrogen-bond donors (Lipinski definition) is 2. The lowest BCUT2D eigenvalue weighted by Crippen LogP contribution is -2.28. The third-order valence-corrected chi connectivity index (χ3v) is 6.42. The van der Waals surface area contributed by atoms with Gasteiger partial charge in [-0.2, -0.15) is 5.10 Å². The van der Waals surface area contributed by atoms with E-state index in [1.807, 2.05) is 74.8 Å². The Morgan fingerprint density at radius 2 is 1.85 bits per heavy atom. The largest absolute Gasteiger partial charge is 0.381 e. The van der Waals surface area contributed by atoms with Crippen molar-refractivity contribution in [1.29, 1.82) is 0 Å². The Hall–Kier alpha value is -5.49. The van der Waals surface area contributed by atoms with Crippen LogP contribution in [0.1, 0.15) is 40.3 Å². The lowest BCUT2D eigenvalue weighted by Gasteiger charge is -2.19. The van der Waals surface area contributed by atoms with Gasteiger partial charge in [-0.25, -0.2) is 14.5 Å². The average molecular weight is 513 g/mol. The molecule has 0 radical (unpaired) electrons. The molecule has 2 aromatic carbocycles. The number of anilines is 1. The van der Waals surface area contributed by atoms with Crippen molar-refractivity contribution in [2.45, 2.75) is 13.0 Å². The number of benzene rings is 2. The van der Waals surface area contributed by atoms with E-state index in [-0.39, 0.29) is 17.3 Å². The lowest BCUT2D eigenvalue weighted by molar-refractivity contribution is 0.0941. The van der Waals surface area contributed by atoms with Gasteiger partial charge in [-0.15, -0.1) is 5.10 Å². The zero-order valence-electron chi connectivity index (χ0n) is 21.3. The highest BCUT2D eigenvalue weighted by Gasteiger charge is 2.23. The van der Waals surface area contributed by atoms with Crippen LogP contribution in [0, 0.1) is 11.8 Å². The summed E-state index contributed by atoms with van der Waals surface area (Å²) in [5, 5.41) is 12.5. The quantitative estimate of drug-likeness (QED) is 0.343. The van der Waals surface area contributed by atoms with E-state index in [0.717, 1.165) is 33.3 Å². The van der Waals surface area contributed by atoms with Crippen LogP contribution < -0.4 is 11.1 Å². The number of nitrogens with one attached hydrogen (secondary N) is 1. The lowest BCUT2D eigenvalue weighted by atomic mass is 9.96. The van der Waals surface area contributed by atoms with Crippen LogP contribution in [-0.2, 0) is 7.05 Å². The summed E-state index contributed by atoms with van der Waals surface area (Å²) in [4.78, 5) is 22.7. The molecule has 0 aliphatic heterocycles. The number of aromatic nitrogens is 6. The van der Waals surface area contributed by atoms with Crippen molar-refractivity contribution >= 4 is 28.3 Å². The van der Waals surface area contributed by atoms with E-state index in [9.17, 15) is 4.79 Å². The summed E-state index contributed by atoms with van der Waals surface area (Å²) in [7, 11) is 1.86. The molecular formula is C30H24N8O. The number of amides is 1. The molecule has 4 heterocycles. The summed E-state index contributed by atoms with van der Waals surface area (Å²) < 4.78 is 3.22. The minimum absolute atomic E-state index is 0.115. The number of hydrogen-bond acceptors (Lipinski definition) is 6. The SMILES string of the molecule is C[C@H](NC(=O)c1c(N)nn2cccnc12)c1nc2cccc(C#Cc3ccn(C)n3)c2cc1-c1ccccc1. The van der Waals surface area contributed by atoms with E-state index < -0.39 is 6.04 Å². The summed E-state index contributed by atoms with van der Waals surface area (Å²) in [5.74, 6) is 6.14. The summed E-state index contributed by atoms with van der Waals surface area (Å²) in [6.45, 7) is 1.90. The molecule has 6 aromatic rings. The van der Waals surface area contributed by atoms with Crippen molar-refractivity contribution in [2.24, 2.45) is 7.05 Å². The van der Waals surface area contributed by atoms with E-state index >= 15 is 0 Å². The second kappa shape index (κ2) is 9.76. The second-order valence-electron chi connectivity index (χ2n) is 9.13. The summed E-state index contributed by atoms with van der Waals surface area (Å²) in [6, 6.07) is 21.1. The monoisotopic (exact) mass is 512 g/mol. The van der Waals surface area contributed by atoms with Gasteiger partial charge in [0.15, 0.2) is 11.5 Å². The molecule has 4 aromatic heterocycles. The molecule has 0 spiro atoms. The molecule has 0 aliphatic rings. The van der Waals surface area contributed by atoms with Crippen LogP contribution >= 0.6 is 0 Å². The number of aryl methyl sites for hydroxylation is 1. The van der Waals surface area contributed by atoms with Crippen LogP contribution in [0.3, 0.4) is 0 Å². The van der Waals surface area contributed by atoms with E-state index in [1.165, 1.54) is 4.52 Å². The molecule has 1 atom stereocenters. The fourth-order valence-corrected chi connectivity index (χ4v) is 4.57. The standard InChI is InChI=1S/C30H24N8O/c1-19(33-30(39)26-28(31)36-38-16-7-15-32-29(26)38)27-24(20-8-4-3-5-9-20)18-23-21(10-6-11-25(23)34-27)12-13-22-14-17-37(2)35-22/h3-11,14-19H,1-2H3,(H2,31,36)(H,33,39)/t19-/m0/s1. The molecular weight excluding hydrogens is 488 g/mol. The van der Waals surface area contributed by atoms with Gasteiger partial charge in [-0.05, 0) is 48.7 Å². The Morgan fingerprint density at radius 3 is 2.64 bits per heavy atom. The highest BCUT2D eigenvalue weighted by atomic mass is 16.1. The topological polar surface area (TPSA) is 116 Å². The van der Waals surface area contributed by atoms with Crippen LogP contribution in [0.5, 0.6) is 0 Å². The minimum Gasteiger partial charge on any atom is -0.381 e. The first-order chi connectivity index (χ1) is 19.0. The average Bonchev–Trinajstić information content (AvgIpc) is 3.52. The van der Waals surface area contributed by atoms with Crippen LogP contribution in [0.2, 0.25) is 0 Å². The Balaban J connectivity index is 1.43. The number of nitrogen functional groups attached to an aromatic ring is 1. The van der Waals surface area contributed by atoms with Gasteiger partial charge in [-0.1, -0.05) is 42.3 Å². The van der Waals surface area contributed by atoms with Gasteiger partial charge in [-0.3, -0.25) is 9.48 Å². The summed E-state index contributed by atoms with van der Waals surface area (Å²) in [6.07, 6.45) is 5.16. The number of carbonyl (C=O) groups is 1. The molecule has 0 aliphatic carbocycles. The predicted octanol–water partition coefficient (Wildman–Crippen LogP) is 4.15. The molecule has 3 N–H and O–H groups in total. The third-order valence-electron chi connectivity index (χ3n) is 6.42. The molecule has 0 unspecified atom stereocenters. The van der Waals surface area contributed by atoms with Gasteiger partial charge in [0.1, 0.15) is 11.3 Å². The number of fused-ring (bicyclic) bond motifs is 2. The zero-order chi connectivity index (χ0) is 26.9. The number of nitrogens with zero attached hydrogens (tertiary/aromatic N) is 6. The van der Waals surface area contributed by atoms with E-state index in [1.54, 1.807) is 23.1 Å². The van der Waals surface area contributed by atoms with Crippen molar-refractivity contribution in [1.82, 2.24) is 34.7 Å². The van der Waals surface area contributed by atoms with E-state index in [4.69, 9.17) is 10.7 Å². The number of carbonyl (C=O) groups excluding carboxylic acids is 1. The molecule has 190 valence electrons. The van der Waals surface area contributed by atoms with Crippen molar-refractivity contribution < 1.29 is 4.79 Å². The predicted molar refractivity (Wildman–Crippen MR) is 150 cm³/mol. The van der Waals surface area contributed by atoms with Gasteiger partial charge in [0.25, 0.3) is 5.91 Å². The molecule has 0 saturated heterocycles. The van der Waals surface area contributed by atoms with Crippen molar-refractivity contribution in [3.63, 3.8) is 0 Å². The zero-order valence-corrected chi connectivity index (χ0v) is 21.3. The molecule has 6 rings (SSSR count). The summed E-state index contributed by atoms with van der Waals surface area (Å²) >= 11 is 0. The molecule has 1 amide bonds.